The highest BCUT2D eigenvalue weighted by Gasteiger charge is 2.36. The molecule has 292 valence electrons. The first-order valence-corrected chi connectivity index (χ1v) is 18.4. The van der Waals surface area contributed by atoms with Crippen molar-refractivity contribution in [2.24, 2.45) is 0 Å². The van der Waals surface area contributed by atoms with Crippen LogP contribution in [-0.4, -0.2) is 96.1 Å². The molecule has 1 unspecified atom stereocenters. The monoisotopic (exact) mass is 757 g/mol. The van der Waals surface area contributed by atoms with Crippen LogP contribution in [0.25, 0.3) is 10.9 Å². The van der Waals surface area contributed by atoms with E-state index in [9.17, 15) is 23.6 Å². The summed E-state index contributed by atoms with van der Waals surface area (Å²) in [7, 11) is 3.00. The maximum absolute atomic E-state index is 14.4. The predicted octanol–water partition coefficient (Wildman–Crippen LogP) is 5.92. The van der Waals surface area contributed by atoms with Gasteiger partial charge in [-0.2, -0.15) is 0 Å². The van der Waals surface area contributed by atoms with Crippen molar-refractivity contribution in [1.82, 2.24) is 19.5 Å². The van der Waals surface area contributed by atoms with Gasteiger partial charge in [-0.25, -0.2) is 23.6 Å². The minimum absolute atomic E-state index is 0.0760. The van der Waals surface area contributed by atoms with Gasteiger partial charge in [0, 0.05) is 43.9 Å². The highest BCUT2D eigenvalue weighted by atomic mass is 19.1. The predicted molar refractivity (Wildman–Crippen MR) is 207 cm³/mol. The molecular formula is C40H48FN7O7. The van der Waals surface area contributed by atoms with Gasteiger partial charge in [0.25, 0.3) is 5.56 Å². The number of halogens is 1. The van der Waals surface area contributed by atoms with Crippen LogP contribution >= 0.6 is 0 Å². The van der Waals surface area contributed by atoms with Gasteiger partial charge in [0.1, 0.15) is 22.9 Å². The minimum atomic E-state index is -0.874. The molecule has 2 saturated heterocycles. The Bertz CT molecular complexity index is 2090. The third-order valence-corrected chi connectivity index (χ3v) is 9.81. The zero-order chi connectivity index (χ0) is 39.4. The van der Waals surface area contributed by atoms with Gasteiger partial charge < -0.3 is 34.3 Å². The molecule has 15 heteroatoms. The van der Waals surface area contributed by atoms with E-state index >= 15 is 0 Å². The summed E-state index contributed by atoms with van der Waals surface area (Å²) in [6.45, 7) is 9.02. The molecule has 0 aliphatic carbocycles. The minimum Gasteiger partial charge on any atom is -0.497 e. The quantitative estimate of drug-likeness (QED) is 0.221. The average Bonchev–Trinajstić information content (AvgIpc) is 3.63. The number of amides is 4. The highest BCUT2D eigenvalue weighted by molar-refractivity contribution is 6.03. The second kappa shape index (κ2) is 16.2. The molecular weight excluding hydrogens is 709 g/mol. The van der Waals surface area contributed by atoms with Crippen molar-refractivity contribution < 1.29 is 33.0 Å². The van der Waals surface area contributed by atoms with Gasteiger partial charge in [0.15, 0.2) is 5.82 Å². The van der Waals surface area contributed by atoms with Crippen molar-refractivity contribution in [1.29, 1.82) is 0 Å². The number of piperazine rings is 1. The number of likely N-dealkylation sites (tertiary alicyclic amines) is 1. The molecule has 14 nitrogen and oxygen atoms in total. The number of hydrogen-bond donors (Lipinski definition) is 1. The molecule has 55 heavy (non-hydrogen) atoms. The second-order valence-corrected chi connectivity index (χ2v) is 14.6. The first-order chi connectivity index (χ1) is 26.3. The number of rotatable bonds is 9. The van der Waals surface area contributed by atoms with Crippen LogP contribution in [-0.2, 0) is 9.53 Å². The normalized spacial score (nSPS) is 16.5. The smallest absolute Gasteiger partial charge is 0.410 e. The number of nitrogens with zero attached hydrogens (tertiary/aromatic N) is 6. The van der Waals surface area contributed by atoms with Crippen LogP contribution in [0.4, 0.5) is 25.4 Å². The van der Waals surface area contributed by atoms with Gasteiger partial charge >= 0.3 is 12.1 Å². The van der Waals surface area contributed by atoms with Crippen molar-refractivity contribution in [2.45, 2.75) is 64.6 Å². The van der Waals surface area contributed by atoms with Gasteiger partial charge in [-0.15, -0.1) is 0 Å². The number of benzene rings is 3. The van der Waals surface area contributed by atoms with E-state index in [0.717, 1.165) is 6.42 Å². The van der Waals surface area contributed by atoms with E-state index in [4.69, 9.17) is 19.2 Å². The maximum Gasteiger partial charge on any atom is 0.410 e. The summed E-state index contributed by atoms with van der Waals surface area (Å²) in [5, 5.41) is 5.09. The lowest BCUT2D eigenvalue weighted by Gasteiger charge is -2.39. The topological polar surface area (TPSA) is 139 Å². The Morgan fingerprint density at radius 2 is 1.67 bits per heavy atom. The van der Waals surface area contributed by atoms with Crippen LogP contribution < -0.4 is 30.3 Å². The van der Waals surface area contributed by atoms with E-state index in [-0.39, 0.29) is 29.8 Å². The molecule has 0 saturated carbocycles. The van der Waals surface area contributed by atoms with E-state index in [1.807, 2.05) is 25.8 Å². The summed E-state index contributed by atoms with van der Waals surface area (Å²) in [5.74, 6) is 0.579. The standard InChI is InChI=1S/C40H48FN7O7/c1-26(47(33-18-17-30(53-5)25-34(33)54-6)38(51)42-28-15-13-27(41)14-16-28)36-43-32-12-8-7-11-31(32)37(50)48(36)45-22-20-44(21-23-45)35(49)24-29-10-9-19-46(29)39(52)55-40(2,3)4/h7-8,11-18,25-26,29H,9-10,19-24H2,1-6H3,(H,42,51)/t26?,29-/m0/s1. The number of anilines is 2. The lowest BCUT2D eigenvalue weighted by atomic mass is 10.1. The number of nitrogens with one attached hydrogen (secondary N) is 1. The van der Waals surface area contributed by atoms with E-state index in [0.29, 0.717) is 72.9 Å². The Morgan fingerprint density at radius 3 is 2.35 bits per heavy atom. The molecule has 2 aliphatic rings. The van der Waals surface area contributed by atoms with Crippen LogP contribution in [0.15, 0.2) is 71.5 Å². The maximum atomic E-state index is 14.4. The Morgan fingerprint density at radius 1 is 0.964 bits per heavy atom. The zero-order valence-electron chi connectivity index (χ0n) is 32.1. The van der Waals surface area contributed by atoms with Gasteiger partial charge in [0.2, 0.25) is 5.91 Å². The van der Waals surface area contributed by atoms with Gasteiger partial charge in [-0.3, -0.25) is 14.5 Å². The number of methoxy groups -OCH3 is 2. The number of ether oxygens (including phenoxy) is 3. The molecule has 4 aromatic rings. The van der Waals surface area contributed by atoms with E-state index in [1.165, 1.54) is 48.1 Å². The number of para-hydroxylation sites is 1. The van der Waals surface area contributed by atoms with E-state index < -0.39 is 29.6 Å². The second-order valence-electron chi connectivity index (χ2n) is 14.6. The lowest BCUT2D eigenvalue weighted by Crippen LogP contribution is -2.57. The summed E-state index contributed by atoms with van der Waals surface area (Å²) >= 11 is 0. The molecule has 0 spiro atoms. The number of urea groups is 1. The van der Waals surface area contributed by atoms with Gasteiger partial charge in [0.05, 0.1) is 49.9 Å². The summed E-state index contributed by atoms with van der Waals surface area (Å²) < 4.78 is 32.0. The third kappa shape index (κ3) is 8.60. The van der Waals surface area contributed by atoms with Crippen molar-refractivity contribution >= 4 is 40.3 Å². The number of carbonyl (C=O) groups is 3. The van der Waals surface area contributed by atoms with Crippen LogP contribution in [0.5, 0.6) is 11.5 Å². The fourth-order valence-electron chi connectivity index (χ4n) is 7.08. The van der Waals surface area contributed by atoms with Crippen molar-refractivity contribution in [3.8, 4) is 11.5 Å². The number of hydrogen-bond acceptors (Lipinski definition) is 9. The zero-order valence-corrected chi connectivity index (χ0v) is 32.1. The van der Waals surface area contributed by atoms with Gasteiger partial charge in [-0.1, -0.05) is 12.1 Å². The van der Waals surface area contributed by atoms with Crippen LogP contribution in [0.2, 0.25) is 0 Å². The molecule has 1 aromatic heterocycles. The molecule has 1 N–H and O–H groups in total. The molecule has 6 rings (SSSR count). The number of fused-ring (bicyclic) bond motifs is 1. The largest absolute Gasteiger partial charge is 0.497 e. The number of aromatic nitrogens is 2. The molecule has 3 heterocycles. The molecule has 2 fully saturated rings. The molecule has 2 atom stereocenters. The van der Waals surface area contributed by atoms with Crippen molar-refractivity contribution in [3.05, 3.63) is 88.7 Å². The fourth-order valence-corrected chi connectivity index (χ4v) is 7.08. The molecule has 3 aromatic carbocycles. The highest BCUT2D eigenvalue weighted by Crippen LogP contribution is 2.37. The first kappa shape index (κ1) is 38.9. The Kier molecular flexibility index (Phi) is 11.5. The van der Waals surface area contributed by atoms with Crippen LogP contribution in [0.1, 0.15) is 58.8 Å². The van der Waals surface area contributed by atoms with E-state index in [1.54, 1.807) is 59.2 Å². The Hall–Kier alpha value is -5.86. The summed E-state index contributed by atoms with van der Waals surface area (Å²) in [6.07, 6.45) is 1.28. The SMILES string of the molecule is COc1ccc(N(C(=O)Nc2ccc(F)cc2)C(C)c2nc3ccccc3c(=O)n2N2CCN(C(=O)C[C@@H]3CCCN3C(=O)OC(C)(C)C)CC2)c(OC)c1. The third-order valence-electron chi connectivity index (χ3n) is 9.81. The van der Waals surface area contributed by atoms with Gasteiger partial charge in [-0.05, 0) is 89.1 Å². The Balaban J connectivity index is 1.31. The lowest BCUT2D eigenvalue weighted by molar-refractivity contribution is -0.132. The fraction of sp³-hybridized carbons (Fsp3) is 0.425. The molecule has 4 amide bonds. The van der Waals surface area contributed by atoms with E-state index in [2.05, 4.69) is 5.32 Å². The first-order valence-electron chi connectivity index (χ1n) is 18.4. The average molecular weight is 758 g/mol. The Labute approximate surface area is 319 Å². The van der Waals surface area contributed by atoms with Crippen LogP contribution in [0, 0.1) is 5.82 Å². The summed E-state index contributed by atoms with van der Waals surface area (Å²) in [6, 6.07) is 15.7. The molecule has 2 aliphatic heterocycles. The molecule has 0 bridgehead atoms. The molecule has 0 radical (unpaired) electrons. The van der Waals surface area contributed by atoms with Crippen LogP contribution in [0.3, 0.4) is 0 Å². The summed E-state index contributed by atoms with van der Waals surface area (Å²) in [4.78, 5) is 65.0. The van der Waals surface area contributed by atoms with Crippen molar-refractivity contribution in [2.75, 3.05) is 62.2 Å². The number of carbonyl (C=O) groups excluding carboxylic acids is 3. The van der Waals surface area contributed by atoms with Crippen molar-refractivity contribution in [3.63, 3.8) is 0 Å². The summed E-state index contributed by atoms with van der Waals surface area (Å²) in [5.41, 5.74) is 0.207.